The van der Waals surface area contributed by atoms with Crippen molar-refractivity contribution in [2.75, 3.05) is 5.32 Å². The summed E-state index contributed by atoms with van der Waals surface area (Å²) in [6.45, 7) is 0. The number of anilines is 1. The highest BCUT2D eigenvalue weighted by molar-refractivity contribution is 6.07. The van der Waals surface area contributed by atoms with Crippen LogP contribution in [0.4, 0.5) is 5.69 Å². The third-order valence-electron chi connectivity index (χ3n) is 2.40. The molecule has 2 aromatic carbocycles. The van der Waals surface area contributed by atoms with Crippen LogP contribution in [0.2, 0.25) is 0 Å². The van der Waals surface area contributed by atoms with Crippen LogP contribution in [0, 0.1) is 0 Å². The third kappa shape index (κ3) is 3.05. The Morgan fingerprint density at radius 3 is 2.06 bits per heavy atom. The Labute approximate surface area is 101 Å². The lowest BCUT2D eigenvalue weighted by Crippen LogP contribution is -1.92. The molecular weight excluding hydrogens is 210 g/mol. The van der Waals surface area contributed by atoms with Crippen LogP contribution in [0.1, 0.15) is 5.56 Å². The molecule has 0 fully saturated rings. The second-order valence-corrected chi connectivity index (χ2v) is 3.59. The topological polar surface area (TPSA) is 29.1 Å². The monoisotopic (exact) mass is 223 g/mol. The molecule has 0 aromatic heterocycles. The van der Waals surface area contributed by atoms with E-state index in [2.05, 4.69) is 5.32 Å². The number of carbonyl (C=O) groups excluding carboxylic acids is 1. The van der Waals surface area contributed by atoms with Gasteiger partial charge in [0.15, 0.2) is 6.29 Å². The predicted molar refractivity (Wildman–Crippen MR) is 70.5 cm³/mol. The quantitative estimate of drug-likeness (QED) is 0.636. The molecule has 0 spiro atoms. The van der Waals surface area contributed by atoms with E-state index in [1.165, 1.54) is 0 Å². The molecule has 0 aliphatic carbocycles. The maximum absolute atomic E-state index is 11.0. The largest absolute Gasteiger partial charge is 0.361 e. The third-order valence-corrected chi connectivity index (χ3v) is 2.40. The van der Waals surface area contributed by atoms with Crippen molar-refractivity contribution in [3.8, 4) is 0 Å². The normalized spacial score (nSPS) is 10.9. The Bertz CT molecular complexity index is 503. The molecule has 17 heavy (non-hydrogen) atoms. The van der Waals surface area contributed by atoms with Crippen molar-refractivity contribution in [1.82, 2.24) is 0 Å². The lowest BCUT2D eigenvalue weighted by molar-refractivity contribution is -0.103. The smallest absolute Gasteiger partial charge is 0.152 e. The van der Waals surface area contributed by atoms with Gasteiger partial charge in [-0.2, -0.15) is 0 Å². The minimum absolute atomic E-state index is 0.634. The van der Waals surface area contributed by atoms with E-state index in [1.54, 1.807) is 6.20 Å². The molecule has 2 aromatic rings. The number of aldehydes is 1. The highest BCUT2D eigenvalue weighted by atomic mass is 16.1. The van der Waals surface area contributed by atoms with Crippen LogP contribution >= 0.6 is 0 Å². The van der Waals surface area contributed by atoms with E-state index >= 15 is 0 Å². The average Bonchev–Trinajstić information content (AvgIpc) is 2.42. The van der Waals surface area contributed by atoms with Crippen molar-refractivity contribution >= 4 is 17.5 Å². The van der Waals surface area contributed by atoms with Gasteiger partial charge in [-0.25, -0.2) is 0 Å². The Kier molecular flexibility index (Phi) is 3.71. The van der Waals surface area contributed by atoms with E-state index in [9.17, 15) is 4.79 Å². The molecule has 0 aliphatic rings. The Balaban J connectivity index is 2.17. The van der Waals surface area contributed by atoms with E-state index in [1.807, 2.05) is 60.7 Å². The fourth-order valence-electron chi connectivity index (χ4n) is 1.51. The van der Waals surface area contributed by atoms with Gasteiger partial charge in [0.2, 0.25) is 0 Å². The van der Waals surface area contributed by atoms with Crippen LogP contribution in [0.5, 0.6) is 0 Å². The molecule has 84 valence electrons. The van der Waals surface area contributed by atoms with E-state index in [0.717, 1.165) is 17.5 Å². The van der Waals surface area contributed by atoms with Crippen molar-refractivity contribution in [2.45, 2.75) is 0 Å². The first kappa shape index (κ1) is 11.1. The fraction of sp³-hybridized carbons (Fsp3) is 0. The molecule has 0 unspecified atom stereocenters. The second-order valence-electron chi connectivity index (χ2n) is 3.59. The first-order valence-electron chi connectivity index (χ1n) is 5.42. The van der Waals surface area contributed by atoms with Crippen LogP contribution < -0.4 is 5.32 Å². The molecule has 0 saturated heterocycles. The van der Waals surface area contributed by atoms with Gasteiger partial charge in [-0.1, -0.05) is 48.5 Å². The summed E-state index contributed by atoms with van der Waals surface area (Å²) in [6.07, 6.45) is 2.57. The maximum Gasteiger partial charge on any atom is 0.152 e. The first-order chi connectivity index (χ1) is 8.40. The Morgan fingerprint density at radius 1 is 0.882 bits per heavy atom. The maximum atomic E-state index is 11.0. The summed E-state index contributed by atoms with van der Waals surface area (Å²) in [7, 11) is 0. The van der Waals surface area contributed by atoms with Crippen molar-refractivity contribution in [1.29, 1.82) is 0 Å². The molecular formula is C15H13NO. The van der Waals surface area contributed by atoms with E-state index < -0.39 is 0 Å². The van der Waals surface area contributed by atoms with Crippen LogP contribution in [0.15, 0.2) is 66.9 Å². The number of para-hydroxylation sites is 1. The predicted octanol–water partition coefficient (Wildman–Crippen LogP) is 3.34. The van der Waals surface area contributed by atoms with Crippen LogP contribution in [0.25, 0.3) is 5.57 Å². The van der Waals surface area contributed by atoms with Gasteiger partial charge in [-0.3, -0.25) is 4.79 Å². The summed E-state index contributed by atoms with van der Waals surface area (Å²) in [5.41, 5.74) is 2.50. The zero-order chi connectivity index (χ0) is 11.9. The zero-order valence-corrected chi connectivity index (χ0v) is 9.34. The molecule has 0 atom stereocenters. The zero-order valence-electron chi connectivity index (χ0n) is 9.34. The van der Waals surface area contributed by atoms with Gasteiger partial charge in [0.1, 0.15) is 0 Å². The summed E-state index contributed by atoms with van der Waals surface area (Å²) < 4.78 is 0. The molecule has 0 aliphatic heterocycles. The molecule has 2 rings (SSSR count). The highest BCUT2D eigenvalue weighted by Gasteiger charge is 1.98. The lowest BCUT2D eigenvalue weighted by atomic mass is 10.1. The van der Waals surface area contributed by atoms with E-state index in [4.69, 9.17) is 0 Å². The summed E-state index contributed by atoms with van der Waals surface area (Å²) in [5.74, 6) is 0. The minimum atomic E-state index is 0.634. The van der Waals surface area contributed by atoms with Gasteiger partial charge in [0.25, 0.3) is 0 Å². The van der Waals surface area contributed by atoms with Crippen molar-refractivity contribution in [3.05, 3.63) is 72.4 Å². The van der Waals surface area contributed by atoms with Crippen LogP contribution in [-0.2, 0) is 4.79 Å². The standard InChI is InChI=1S/C15H13NO/c17-12-14(13-7-3-1-4-8-13)11-16-15-9-5-2-6-10-15/h1-12,16H/b14-11-. The molecule has 0 heterocycles. The number of benzene rings is 2. The summed E-state index contributed by atoms with van der Waals surface area (Å²) in [5, 5.41) is 3.10. The number of carbonyl (C=O) groups is 1. The van der Waals surface area contributed by atoms with Crippen LogP contribution in [-0.4, -0.2) is 6.29 Å². The van der Waals surface area contributed by atoms with Crippen molar-refractivity contribution < 1.29 is 4.79 Å². The number of hydrogen-bond acceptors (Lipinski definition) is 2. The minimum Gasteiger partial charge on any atom is -0.361 e. The molecule has 0 amide bonds. The van der Waals surface area contributed by atoms with Crippen LogP contribution in [0.3, 0.4) is 0 Å². The number of hydrogen-bond donors (Lipinski definition) is 1. The number of rotatable bonds is 4. The lowest BCUT2D eigenvalue weighted by Gasteiger charge is -2.03. The van der Waals surface area contributed by atoms with Gasteiger partial charge in [-0.15, -0.1) is 0 Å². The van der Waals surface area contributed by atoms with Gasteiger partial charge in [0.05, 0.1) is 0 Å². The SMILES string of the molecule is O=C/C(=C/Nc1ccccc1)c1ccccc1. The molecule has 0 bridgehead atoms. The Morgan fingerprint density at radius 2 is 1.47 bits per heavy atom. The summed E-state index contributed by atoms with van der Waals surface area (Å²) >= 11 is 0. The molecule has 2 nitrogen and oxygen atoms in total. The van der Waals surface area contributed by atoms with Gasteiger partial charge in [-0.05, 0) is 17.7 Å². The average molecular weight is 223 g/mol. The Hall–Kier alpha value is -2.35. The summed E-state index contributed by atoms with van der Waals surface area (Å²) in [6, 6.07) is 19.3. The van der Waals surface area contributed by atoms with E-state index in [0.29, 0.717) is 5.57 Å². The fourth-order valence-corrected chi connectivity index (χ4v) is 1.51. The number of allylic oxidation sites excluding steroid dienone is 1. The van der Waals surface area contributed by atoms with E-state index in [-0.39, 0.29) is 0 Å². The first-order valence-corrected chi connectivity index (χ1v) is 5.42. The summed E-state index contributed by atoms with van der Waals surface area (Å²) in [4.78, 5) is 11.0. The molecule has 1 N–H and O–H groups in total. The molecule has 0 radical (unpaired) electrons. The van der Waals surface area contributed by atoms with Crippen molar-refractivity contribution in [2.24, 2.45) is 0 Å². The van der Waals surface area contributed by atoms with Gasteiger partial charge >= 0.3 is 0 Å². The second kappa shape index (κ2) is 5.66. The molecule has 0 saturated carbocycles. The van der Waals surface area contributed by atoms with Crippen molar-refractivity contribution in [3.63, 3.8) is 0 Å². The van der Waals surface area contributed by atoms with Gasteiger partial charge < -0.3 is 5.32 Å². The van der Waals surface area contributed by atoms with Gasteiger partial charge in [0, 0.05) is 17.5 Å². The highest BCUT2D eigenvalue weighted by Crippen LogP contribution is 2.12. The number of nitrogens with one attached hydrogen (secondary N) is 1. The molecule has 2 heteroatoms.